The Bertz CT molecular complexity index is 194. The van der Waals surface area contributed by atoms with E-state index < -0.39 is 0 Å². The fourth-order valence-corrected chi connectivity index (χ4v) is 6.22. The third kappa shape index (κ3) is 3.68. The van der Waals surface area contributed by atoms with Crippen molar-refractivity contribution in [1.82, 2.24) is 0 Å². The summed E-state index contributed by atoms with van der Waals surface area (Å²) in [6.45, 7) is 11.1. The summed E-state index contributed by atoms with van der Waals surface area (Å²) < 4.78 is 13.2. The molecule has 0 spiro atoms. The van der Waals surface area contributed by atoms with Crippen LogP contribution < -0.4 is 0 Å². The van der Waals surface area contributed by atoms with Crippen molar-refractivity contribution in [2.45, 2.75) is 54.6 Å². The van der Waals surface area contributed by atoms with Gasteiger partial charge in [0.15, 0.2) is 0 Å². The quantitative estimate of drug-likeness (QED) is 0.691. The van der Waals surface area contributed by atoms with Crippen molar-refractivity contribution < 1.29 is 52.3 Å². The average Bonchev–Trinajstić information content (AvgIpc) is 2.18. The van der Waals surface area contributed by atoms with Gasteiger partial charge in [0.05, 0.1) is 0 Å². The van der Waals surface area contributed by atoms with E-state index in [0.717, 1.165) is 0 Å². The van der Waals surface area contributed by atoms with Crippen molar-refractivity contribution in [3.63, 3.8) is 0 Å². The molecule has 0 aromatic carbocycles. The maximum absolute atomic E-state index is 6.08. The Morgan fingerprint density at radius 2 is 1.73 bits per heavy atom. The predicted molar refractivity (Wildman–Crippen MR) is 58.6 cm³/mol. The summed E-state index contributed by atoms with van der Waals surface area (Å²) in [5.74, 6) is 1.92. The van der Waals surface area contributed by atoms with Crippen molar-refractivity contribution in [2.24, 2.45) is 17.8 Å². The molecule has 0 bridgehead atoms. The van der Waals surface area contributed by atoms with Crippen molar-refractivity contribution in [1.29, 1.82) is 0 Å². The van der Waals surface area contributed by atoms with E-state index in [1.807, 2.05) is 0 Å². The van der Waals surface area contributed by atoms with Crippen LogP contribution in [-0.4, -0.2) is 18.5 Å². The molecule has 2 nitrogen and oxygen atoms in total. The summed E-state index contributed by atoms with van der Waals surface area (Å²) in [6, 6.07) is 0. The van der Waals surface area contributed by atoms with Crippen molar-refractivity contribution in [3.8, 4) is 0 Å². The van der Waals surface area contributed by atoms with Gasteiger partial charge in [-0.1, -0.05) is 0 Å². The van der Waals surface area contributed by atoms with Crippen LogP contribution in [-0.2, 0) is 9.47 Å². The minimum absolute atomic E-state index is 0.0239. The van der Waals surface area contributed by atoms with Crippen LogP contribution >= 0.6 is 0 Å². The Labute approximate surface area is 123 Å². The molecule has 1 fully saturated rings. The summed E-state index contributed by atoms with van der Waals surface area (Å²) in [5, 5.41) is 0. The van der Waals surface area contributed by atoms with Gasteiger partial charge in [-0.05, 0) is 0 Å². The monoisotopic (exact) mass is 426 g/mol. The van der Waals surface area contributed by atoms with Crippen LogP contribution in [0.15, 0.2) is 0 Å². The van der Waals surface area contributed by atoms with Gasteiger partial charge in [-0.2, -0.15) is 0 Å². The molecular formula is C12H24O2Ra. The molecule has 15 heavy (non-hydrogen) atoms. The van der Waals surface area contributed by atoms with Crippen LogP contribution in [0.4, 0.5) is 0 Å². The summed E-state index contributed by atoms with van der Waals surface area (Å²) >= 11 is 0.573. The number of ether oxygens (including phenoxy) is 2. The van der Waals surface area contributed by atoms with Gasteiger partial charge in [-0.25, -0.2) is 0 Å². The van der Waals surface area contributed by atoms with Gasteiger partial charge in [0.2, 0.25) is 0 Å². The van der Waals surface area contributed by atoms with E-state index >= 15 is 0 Å². The van der Waals surface area contributed by atoms with E-state index in [1.54, 1.807) is 0 Å². The van der Waals surface area contributed by atoms with Gasteiger partial charge in [0, 0.05) is 0 Å². The second-order valence-electron chi connectivity index (χ2n) is 5.21. The van der Waals surface area contributed by atoms with Gasteiger partial charge in [-0.3, -0.25) is 0 Å². The Kier molecular flexibility index (Phi) is 6.12. The Balaban J connectivity index is 2.65. The molecule has 1 heterocycles. The third-order valence-corrected chi connectivity index (χ3v) is 7.10. The van der Waals surface area contributed by atoms with Gasteiger partial charge >= 0.3 is 125 Å². The molecule has 1 saturated heterocycles. The molecule has 2 unspecified atom stereocenters. The van der Waals surface area contributed by atoms with Crippen LogP contribution in [0.5, 0.6) is 0 Å². The normalized spacial score (nSPS) is 42.1. The molecule has 1 aliphatic rings. The molecule has 3 heteroatoms. The van der Waals surface area contributed by atoms with Crippen LogP contribution in [0.2, 0.25) is 1.46 Å². The first-order chi connectivity index (χ1) is 6.97. The van der Waals surface area contributed by atoms with E-state index in [-0.39, 0.29) is 12.4 Å². The fraction of sp³-hybridized carbons (Fsp3) is 1.00. The molecule has 0 radical (unpaired) electrons. The molecule has 0 aliphatic carbocycles. The second-order valence-corrected chi connectivity index (χ2v) is 8.57. The first-order valence-corrected chi connectivity index (χ1v) is 12.1. The SMILES string of the molecule is CC(C)OC1O[C@H]([CH2][RaH])C(C)[C@H](C)[C@@H]1C. The third-order valence-electron chi connectivity index (χ3n) is 3.79. The van der Waals surface area contributed by atoms with E-state index in [9.17, 15) is 0 Å². The molecule has 1 rings (SSSR count). The first kappa shape index (κ1) is 14.4. The summed E-state index contributed by atoms with van der Waals surface area (Å²) in [6.07, 6.45) is 0.752. The molecule has 0 saturated carbocycles. The van der Waals surface area contributed by atoms with Crippen LogP contribution in [0.3, 0.4) is 0 Å². The summed E-state index contributed by atoms with van der Waals surface area (Å²) in [5.41, 5.74) is 0. The number of hydrogen-bond acceptors (Lipinski definition) is 2. The topological polar surface area (TPSA) is 18.5 Å². The fourth-order valence-electron chi connectivity index (χ4n) is 2.38. The van der Waals surface area contributed by atoms with Crippen molar-refractivity contribution in [3.05, 3.63) is 0 Å². The van der Waals surface area contributed by atoms with Crippen LogP contribution in [0.1, 0.15) is 34.6 Å². The number of hydrogen-bond donors (Lipinski definition) is 0. The average molecular weight is 426 g/mol. The summed E-state index contributed by atoms with van der Waals surface area (Å²) in [7, 11) is 0. The van der Waals surface area contributed by atoms with E-state index in [0.29, 0.717) is 66.7 Å². The molecule has 0 N–H and O–H groups in total. The zero-order chi connectivity index (χ0) is 11.6. The first-order valence-electron chi connectivity index (χ1n) is 6.28. The van der Waals surface area contributed by atoms with Crippen LogP contribution in [0.25, 0.3) is 0 Å². The van der Waals surface area contributed by atoms with Gasteiger partial charge < -0.3 is 0 Å². The minimum atomic E-state index is 0.0239. The summed E-state index contributed by atoms with van der Waals surface area (Å²) in [4.78, 5) is 0. The molecule has 5 atom stereocenters. The Morgan fingerprint density at radius 3 is 2.20 bits per heavy atom. The number of rotatable bonds is 3. The molecule has 86 valence electrons. The van der Waals surface area contributed by atoms with E-state index in [1.165, 1.54) is 1.46 Å². The molecule has 0 amide bonds. The molecular weight excluding hydrogens is 402 g/mol. The molecule has 1 aliphatic heterocycles. The zero-order valence-corrected chi connectivity index (χ0v) is 19.2. The van der Waals surface area contributed by atoms with E-state index in [2.05, 4.69) is 34.6 Å². The standard InChI is InChI=1S/C12H23O2.Ra.H/c1-7(2)13-12-10(5)8(3)9(4)11(6)14-12;;/h7-12H,6H2,1-5H3;;/t8-,9?,10-,11+,12?;;/m0../s1. The van der Waals surface area contributed by atoms with Gasteiger partial charge in [0.1, 0.15) is 0 Å². The Hall–Kier alpha value is 1.39. The second kappa shape index (κ2) is 6.36. The van der Waals surface area contributed by atoms with Gasteiger partial charge in [0.25, 0.3) is 0 Å². The zero-order valence-electron chi connectivity index (χ0n) is 11.0. The predicted octanol–water partition coefficient (Wildman–Crippen LogP) is 2.74. The van der Waals surface area contributed by atoms with Crippen molar-refractivity contribution in [2.75, 3.05) is 0 Å². The van der Waals surface area contributed by atoms with Gasteiger partial charge in [-0.15, -0.1) is 0 Å². The van der Waals surface area contributed by atoms with Crippen LogP contribution in [0, 0.1) is 60.5 Å². The maximum atomic E-state index is 6.08. The molecule has 0 aromatic heterocycles. The Morgan fingerprint density at radius 1 is 1.13 bits per heavy atom. The molecule has 0 aromatic rings. The van der Waals surface area contributed by atoms with Crippen molar-refractivity contribution >= 4 is 0 Å². The van der Waals surface area contributed by atoms with E-state index in [4.69, 9.17) is 9.47 Å².